The molecular weight excluding hydrogens is 227 g/mol. The summed E-state index contributed by atoms with van der Waals surface area (Å²) in [5.41, 5.74) is 0. The molecule has 0 heterocycles. The van der Waals surface area contributed by atoms with E-state index in [0.717, 1.165) is 6.61 Å². The van der Waals surface area contributed by atoms with Crippen LogP contribution in [0.15, 0.2) is 23.5 Å². The van der Waals surface area contributed by atoms with Crippen molar-refractivity contribution in [2.45, 2.75) is 51.9 Å². The van der Waals surface area contributed by atoms with Crippen LogP contribution < -0.4 is 0 Å². The van der Waals surface area contributed by atoms with Crippen LogP contribution in [0.2, 0.25) is 0 Å². The minimum atomic E-state index is -0.176. The van der Waals surface area contributed by atoms with Gasteiger partial charge < -0.3 is 4.74 Å². The van der Waals surface area contributed by atoms with E-state index in [0.29, 0.717) is 16.2 Å². The molecule has 1 aliphatic carbocycles. The van der Waals surface area contributed by atoms with Crippen molar-refractivity contribution in [1.82, 2.24) is 0 Å². The standard InChI is InChI=1S/C15H27OP/c1-14(2,3)17(15(4,5)6)13-10-8-9-12(13)11-16-7/h8-10,12H,11H2,1-7H3. The highest BCUT2D eigenvalue weighted by Gasteiger charge is 2.39. The number of hydrogen-bond donors (Lipinski definition) is 0. The Kier molecular flexibility index (Phi) is 4.60. The average Bonchev–Trinajstić information content (AvgIpc) is 2.48. The molecule has 0 saturated heterocycles. The summed E-state index contributed by atoms with van der Waals surface area (Å²) >= 11 is 0. The van der Waals surface area contributed by atoms with Crippen LogP contribution in [0.3, 0.4) is 0 Å². The fourth-order valence-corrected chi connectivity index (χ4v) is 7.14. The molecule has 2 heteroatoms. The van der Waals surface area contributed by atoms with E-state index in [1.807, 2.05) is 0 Å². The van der Waals surface area contributed by atoms with E-state index >= 15 is 0 Å². The van der Waals surface area contributed by atoms with E-state index in [1.54, 1.807) is 12.4 Å². The largest absolute Gasteiger partial charge is 0.384 e. The predicted molar refractivity (Wildman–Crippen MR) is 79.0 cm³/mol. The van der Waals surface area contributed by atoms with Crippen LogP contribution in [0, 0.1) is 5.92 Å². The molecule has 0 aromatic heterocycles. The van der Waals surface area contributed by atoms with Crippen LogP contribution in [0.5, 0.6) is 0 Å². The molecule has 0 aromatic carbocycles. The van der Waals surface area contributed by atoms with Crippen molar-refractivity contribution in [2.75, 3.05) is 13.7 Å². The second-order valence-electron chi connectivity index (χ2n) is 6.72. The van der Waals surface area contributed by atoms with Crippen LogP contribution in [0.25, 0.3) is 0 Å². The Labute approximate surface area is 108 Å². The van der Waals surface area contributed by atoms with Crippen molar-refractivity contribution in [1.29, 1.82) is 0 Å². The monoisotopic (exact) mass is 254 g/mol. The van der Waals surface area contributed by atoms with E-state index in [9.17, 15) is 0 Å². The third-order valence-electron chi connectivity index (χ3n) is 2.94. The normalized spacial score (nSPS) is 21.2. The first-order valence-electron chi connectivity index (χ1n) is 6.35. The van der Waals surface area contributed by atoms with Crippen molar-refractivity contribution < 1.29 is 4.74 Å². The Balaban J connectivity index is 3.01. The third kappa shape index (κ3) is 3.66. The van der Waals surface area contributed by atoms with E-state index in [4.69, 9.17) is 4.74 Å². The zero-order valence-corrected chi connectivity index (χ0v) is 13.3. The lowest BCUT2D eigenvalue weighted by molar-refractivity contribution is 0.183. The summed E-state index contributed by atoms with van der Waals surface area (Å²) in [6.45, 7) is 15.0. The number of rotatable bonds is 3. The quantitative estimate of drug-likeness (QED) is 0.658. The van der Waals surface area contributed by atoms with Crippen molar-refractivity contribution >= 4 is 7.92 Å². The van der Waals surface area contributed by atoms with E-state index < -0.39 is 0 Å². The van der Waals surface area contributed by atoms with Crippen molar-refractivity contribution in [3.8, 4) is 0 Å². The maximum Gasteiger partial charge on any atom is 0.0566 e. The van der Waals surface area contributed by atoms with Gasteiger partial charge in [0.15, 0.2) is 0 Å². The lowest BCUT2D eigenvalue weighted by atomic mass is 10.2. The van der Waals surface area contributed by atoms with Crippen LogP contribution in [-0.4, -0.2) is 24.0 Å². The van der Waals surface area contributed by atoms with Crippen LogP contribution in [0.4, 0.5) is 0 Å². The van der Waals surface area contributed by atoms with Gasteiger partial charge in [0.25, 0.3) is 0 Å². The summed E-state index contributed by atoms with van der Waals surface area (Å²) in [6, 6.07) is 0. The lowest BCUT2D eigenvalue weighted by Gasteiger charge is -2.44. The molecule has 0 spiro atoms. The van der Waals surface area contributed by atoms with Crippen LogP contribution >= 0.6 is 7.92 Å². The van der Waals surface area contributed by atoms with E-state index in [2.05, 4.69) is 59.8 Å². The number of hydrogen-bond acceptors (Lipinski definition) is 1. The summed E-state index contributed by atoms with van der Waals surface area (Å²) in [7, 11) is 1.62. The Bertz CT molecular complexity index is 301. The molecular formula is C15H27OP. The molecule has 0 radical (unpaired) electrons. The molecule has 0 aromatic rings. The lowest BCUT2D eigenvalue weighted by Crippen LogP contribution is -2.27. The number of methoxy groups -OCH3 is 1. The van der Waals surface area contributed by atoms with Gasteiger partial charge in [-0.05, 0) is 15.6 Å². The first kappa shape index (κ1) is 14.9. The van der Waals surface area contributed by atoms with Gasteiger partial charge in [0, 0.05) is 13.0 Å². The van der Waals surface area contributed by atoms with Gasteiger partial charge in [-0.25, -0.2) is 0 Å². The first-order valence-corrected chi connectivity index (χ1v) is 7.69. The van der Waals surface area contributed by atoms with Gasteiger partial charge >= 0.3 is 0 Å². The van der Waals surface area contributed by atoms with Crippen LogP contribution in [0.1, 0.15) is 41.5 Å². The maximum absolute atomic E-state index is 5.35. The van der Waals surface area contributed by atoms with Gasteiger partial charge in [-0.1, -0.05) is 67.7 Å². The molecule has 98 valence electrons. The zero-order chi connectivity index (χ0) is 13.3. The molecule has 0 saturated carbocycles. The molecule has 1 nitrogen and oxygen atoms in total. The summed E-state index contributed by atoms with van der Waals surface area (Å²) in [5.74, 6) is 0.490. The minimum absolute atomic E-state index is 0.176. The summed E-state index contributed by atoms with van der Waals surface area (Å²) in [5, 5.41) is 2.29. The summed E-state index contributed by atoms with van der Waals surface area (Å²) < 4.78 is 5.35. The van der Waals surface area contributed by atoms with Gasteiger partial charge in [0.1, 0.15) is 0 Å². The average molecular weight is 254 g/mol. The number of allylic oxidation sites excluding steroid dienone is 2. The molecule has 0 fully saturated rings. The highest BCUT2D eigenvalue weighted by molar-refractivity contribution is 7.65. The topological polar surface area (TPSA) is 9.23 Å². The van der Waals surface area contributed by atoms with Crippen molar-refractivity contribution in [3.63, 3.8) is 0 Å². The summed E-state index contributed by atoms with van der Waals surface area (Å²) in [6.07, 6.45) is 6.81. The minimum Gasteiger partial charge on any atom is -0.384 e. The van der Waals surface area contributed by atoms with Crippen molar-refractivity contribution in [2.24, 2.45) is 5.92 Å². The SMILES string of the molecule is COCC1C=CC=C1P(C(C)(C)C)C(C)(C)C. The smallest absolute Gasteiger partial charge is 0.0566 e. The highest BCUT2D eigenvalue weighted by Crippen LogP contribution is 2.67. The fraction of sp³-hybridized carbons (Fsp3) is 0.733. The molecule has 0 N–H and O–H groups in total. The molecule has 1 aliphatic rings. The van der Waals surface area contributed by atoms with Gasteiger partial charge in [-0.2, -0.15) is 0 Å². The molecule has 0 bridgehead atoms. The summed E-state index contributed by atoms with van der Waals surface area (Å²) in [4.78, 5) is 0. The molecule has 1 rings (SSSR count). The molecule has 1 unspecified atom stereocenters. The maximum atomic E-state index is 5.35. The van der Waals surface area contributed by atoms with Crippen molar-refractivity contribution in [3.05, 3.63) is 23.5 Å². The van der Waals surface area contributed by atoms with Gasteiger partial charge in [0.2, 0.25) is 0 Å². The van der Waals surface area contributed by atoms with E-state index in [-0.39, 0.29) is 7.92 Å². The molecule has 1 atom stereocenters. The number of ether oxygens (including phenoxy) is 1. The van der Waals surface area contributed by atoms with E-state index in [1.165, 1.54) is 0 Å². The predicted octanol–water partition coefficient (Wildman–Crippen LogP) is 4.78. The Morgan fingerprint density at radius 3 is 2.06 bits per heavy atom. The fourth-order valence-electron chi connectivity index (χ4n) is 2.85. The van der Waals surface area contributed by atoms with Gasteiger partial charge in [-0.3, -0.25) is 0 Å². The second-order valence-corrected chi connectivity index (χ2v) is 10.6. The molecule has 17 heavy (non-hydrogen) atoms. The molecule has 0 amide bonds. The van der Waals surface area contributed by atoms with Gasteiger partial charge in [-0.15, -0.1) is 0 Å². The zero-order valence-electron chi connectivity index (χ0n) is 12.4. The van der Waals surface area contributed by atoms with Gasteiger partial charge in [0.05, 0.1) is 6.61 Å². The third-order valence-corrected chi connectivity index (χ3v) is 6.62. The Hall–Kier alpha value is -0.130. The first-order chi connectivity index (χ1) is 7.68. The van der Waals surface area contributed by atoms with Crippen LogP contribution in [-0.2, 0) is 4.74 Å². The Morgan fingerprint density at radius 1 is 1.12 bits per heavy atom. The highest BCUT2D eigenvalue weighted by atomic mass is 31.1. The Morgan fingerprint density at radius 2 is 1.65 bits per heavy atom. The molecule has 0 aliphatic heterocycles. The second kappa shape index (κ2) is 5.24.